The summed E-state index contributed by atoms with van der Waals surface area (Å²) >= 11 is 0. The number of amides is 8. The Morgan fingerprint density at radius 1 is 0.534 bits per heavy atom. The van der Waals surface area contributed by atoms with Crippen molar-refractivity contribution in [3.8, 4) is 11.1 Å². The molecule has 0 spiro atoms. The molecule has 8 atom stereocenters. The Bertz CT molecular complexity index is 3030. The largest absolute Gasteiger partial charge is 0.353 e. The molecular weight excluding hydrogens is 1110 g/mol. The topological polar surface area (TPSA) is 222 Å². The van der Waals surface area contributed by atoms with E-state index < -0.39 is 36.3 Å². The number of likely N-dealkylation sites (N-methyl/N-ethyl adjacent to an activating group) is 2. The first-order chi connectivity index (χ1) is 42.5. The number of hydrogen-bond acceptors (Lipinski definition) is 10. The van der Waals surface area contributed by atoms with Crippen molar-refractivity contribution >= 4 is 47.3 Å². The fourth-order valence-corrected chi connectivity index (χ4v) is 13.2. The summed E-state index contributed by atoms with van der Waals surface area (Å²) in [5, 5.41) is 18.4. The monoisotopic (exact) mass is 1200 g/mol. The SMILES string of the molecule is CN[C@@H](C)C(=O)N[C@H](C(=O)N1CC[C@@H](NC(C)=O)C[C@H]1CN(CCc1ccccc1)C(=O)c1ccc(-c2ccc(C(=O)N(CCc3ccccc3)C[C@@H]3C[C@H](NC(C)=O)CCN3C(=O)[C@@H](NC(=O)[C@H](C)NC)C3CCCCC3)cc2)cc1)C1=CCCCC1. The van der Waals surface area contributed by atoms with Crippen molar-refractivity contribution in [3.63, 3.8) is 0 Å². The van der Waals surface area contributed by atoms with E-state index in [1.165, 1.54) is 13.8 Å². The van der Waals surface area contributed by atoms with Gasteiger partial charge in [0.05, 0.1) is 24.2 Å². The molecule has 2 heterocycles. The second-order valence-corrected chi connectivity index (χ2v) is 24.7. The van der Waals surface area contributed by atoms with Gasteiger partial charge in [-0.2, -0.15) is 0 Å². The maximum Gasteiger partial charge on any atom is 0.253 e. The standard InChI is InChI=1S/C70H94N10O8/c1-47(71-5)65(83)75-63(55-23-15-9-16-24-55)69(87)79-41-37-59(73-49(3)81)43-61(79)45-77(39-35-51-19-11-7-12-20-51)67(85)57-31-27-53(28-32-57)54-29-33-58(34-30-54)68(86)78(40-36-52-21-13-8-14-22-52)46-62-44-60(74-50(4)82)38-42-80(62)70(88)64(56-25-17-10-18-26-56)76-66(84)48(2)72-6/h7-8,11-14,19-23,27-34,47-48,56,59-64,71-72H,9-10,15-18,24-26,35-46H2,1-6H3,(H,73,81)(H,74,82)(H,75,83)(H,76,84)/t47-,48-,59+,60+,61-,62-,63-,64-/m0/s1. The third kappa shape index (κ3) is 18.2. The number of carbonyl (C=O) groups excluding carboxylic acids is 8. The van der Waals surface area contributed by atoms with Crippen LogP contribution in [0.15, 0.2) is 121 Å². The van der Waals surface area contributed by atoms with Crippen LogP contribution < -0.4 is 31.9 Å². The van der Waals surface area contributed by atoms with Crippen molar-refractivity contribution in [3.05, 3.63) is 143 Å². The molecule has 18 heteroatoms. The van der Waals surface area contributed by atoms with Gasteiger partial charge in [0.2, 0.25) is 35.4 Å². The summed E-state index contributed by atoms with van der Waals surface area (Å²) in [4.78, 5) is 119. The van der Waals surface area contributed by atoms with E-state index >= 15 is 19.2 Å². The van der Waals surface area contributed by atoms with Crippen LogP contribution in [0, 0.1) is 5.92 Å². The Morgan fingerprint density at radius 3 is 1.42 bits per heavy atom. The van der Waals surface area contributed by atoms with Gasteiger partial charge in [0.15, 0.2) is 0 Å². The molecule has 0 bridgehead atoms. The summed E-state index contributed by atoms with van der Waals surface area (Å²) in [5.74, 6) is -1.65. The molecule has 18 nitrogen and oxygen atoms in total. The second-order valence-electron chi connectivity index (χ2n) is 24.7. The lowest BCUT2D eigenvalue weighted by Gasteiger charge is -2.44. The lowest BCUT2D eigenvalue weighted by molar-refractivity contribution is -0.142. The summed E-state index contributed by atoms with van der Waals surface area (Å²) in [6, 6.07) is 30.8. The first kappa shape index (κ1) is 66.3. The van der Waals surface area contributed by atoms with Gasteiger partial charge in [-0.05, 0) is 163 Å². The second kappa shape index (κ2) is 32.5. The van der Waals surface area contributed by atoms with E-state index in [-0.39, 0.29) is 78.3 Å². The minimum atomic E-state index is -0.857. The predicted molar refractivity (Wildman–Crippen MR) is 343 cm³/mol. The average molecular weight is 1200 g/mol. The van der Waals surface area contributed by atoms with E-state index in [9.17, 15) is 19.2 Å². The molecule has 8 amide bonds. The maximum atomic E-state index is 15.0. The molecule has 2 saturated heterocycles. The molecular formula is C70H94N10O8. The fraction of sp³-hybridized carbons (Fsp3) is 0.514. The minimum absolute atomic E-state index is 0.0190. The maximum absolute atomic E-state index is 15.0. The van der Waals surface area contributed by atoms with Crippen molar-refractivity contribution in [1.82, 2.24) is 51.5 Å². The highest BCUT2D eigenvalue weighted by Gasteiger charge is 2.42. The molecule has 8 rings (SSSR count). The van der Waals surface area contributed by atoms with Gasteiger partial charge in [0.1, 0.15) is 12.1 Å². The van der Waals surface area contributed by atoms with Gasteiger partial charge in [-0.15, -0.1) is 0 Å². The van der Waals surface area contributed by atoms with Crippen molar-refractivity contribution in [1.29, 1.82) is 0 Å². The van der Waals surface area contributed by atoms with E-state index in [2.05, 4.69) is 38.0 Å². The molecule has 0 unspecified atom stereocenters. The van der Waals surface area contributed by atoms with E-state index in [1.807, 2.05) is 129 Å². The molecule has 4 aromatic carbocycles. The normalized spacial score (nSPS) is 20.2. The van der Waals surface area contributed by atoms with Crippen molar-refractivity contribution in [2.75, 3.05) is 53.4 Å². The minimum Gasteiger partial charge on any atom is -0.353 e. The Morgan fingerprint density at radius 2 is 0.989 bits per heavy atom. The highest BCUT2D eigenvalue weighted by Crippen LogP contribution is 2.32. The summed E-state index contributed by atoms with van der Waals surface area (Å²) in [7, 11) is 3.43. The predicted octanol–water partition coefficient (Wildman–Crippen LogP) is 6.98. The average Bonchev–Trinajstić information content (AvgIpc) is 2.49. The molecule has 472 valence electrons. The van der Waals surface area contributed by atoms with Crippen LogP contribution in [0.25, 0.3) is 11.1 Å². The van der Waals surface area contributed by atoms with Crippen LogP contribution in [0.5, 0.6) is 0 Å². The third-order valence-electron chi connectivity index (χ3n) is 18.4. The quantitative estimate of drug-likeness (QED) is 0.0374. The smallest absolute Gasteiger partial charge is 0.253 e. The molecule has 4 aromatic rings. The van der Waals surface area contributed by atoms with Crippen LogP contribution in [0.4, 0.5) is 0 Å². The first-order valence-corrected chi connectivity index (χ1v) is 32.2. The van der Waals surface area contributed by atoms with Crippen LogP contribution >= 0.6 is 0 Å². The highest BCUT2D eigenvalue weighted by molar-refractivity contribution is 5.97. The van der Waals surface area contributed by atoms with Gasteiger partial charge < -0.3 is 51.5 Å². The van der Waals surface area contributed by atoms with Crippen LogP contribution in [0.2, 0.25) is 0 Å². The molecule has 1 saturated carbocycles. The molecule has 6 N–H and O–H groups in total. The number of hydrogen-bond donors (Lipinski definition) is 6. The van der Waals surface area contributed by atoms with Crippen molar-refractivity contribution < 1.29 is 38.4 Å². The van der Waals surface area contributed by atoms with Gasteiger partial charge in [0, 0.05) is 76.3 Å². The lowest BCUT2D eigenvalue weighted by atomic mass is 9.82. The van der Waals surface area contributed by atoms with Crippen LogP contribution in [0.3, 0.4) is 0 Å². The highest BCUT2D eigenvalue weighted by atomic mass is 16.2. The number of nitrogens with one attached hydrogen (secondary N) is 6. The fourth-order valence-electron chi connectivity index (χ4n) is 13.2. The summed E-state index contributed by atoms with van der Waals surface area (Å²) in [6.45, 7) is 8.34. The van der Waals surface area contributed by atoms with Crippen molar-refractivity contribution in [2.45, 2.75) is 172 Å². The number of benzene rings is 4. The zero-order chi connectivity index (χ0) is 62.7. The number of carbonyl (C=O) groups is 8. The number of allylic oxidation sites excluding steroid dienone is 1. The molecule has 88 heavy (non-hydrogen) atoms. The Hall–Kier alpha value is -7.70. The van der Waals surface area contributed by atoms with Gasteiger partial charge in [-0.25, -0.2) is 0 Å². The van der Waals surface area contributed by atoms with E-state index in [0.717, 1.165) is 79.2 Å². The van der Waals surface area contributed by atoms with Gasteiger partial charge >= 0.3 is 0 Å². The van der Waals surface area contributed by atoms with Crippen LogP contribution in [0.1, 0.15) is 143 Å². The number of piperidine rings is 2. The zero-order valence-electron chi connectivity index (χ0n) is 52.6. The van der Waals surface area contributed by atoms with Gasteiger partial charge in [-0.1, -0.05) is 110 Å². The number of likely N-dealkylation sites (tertiary alicyclic amines) is 2. The van der Waals surface area contributed by atoms with Gasteiger partial charge in [-0.3, -0.25) is 38.4 Å². The molecule has 3 fully saturated rings. The lowest BCUT2D eigenvalue weighted by Crippen LogP contribution is -2.62. The summed E-state index contributed by atoms with van der Waals surface area (Å²) in [6.07, 6.45) is 13.3. The third-order valence-corrected chi connectivity index (χ3v) is 18.4. The van der Waals surface area contributed by atoms with E-state index in [0.29, 0.717) is 82.3 Å². The molecule has 4 aliphatic rings. The Labute approximate surface area is 520 Å². The van der Waals surface area contributed by atoms with Crippen LogP contribution in [-0.4, -0.2) is 169 Å². The van der Waals surface area contributed by atoms with Crippen LogP contribution in [-0.2, 0) is 41.6 Å². The van der Waals surface area contributed by atoms with Gasteiger partial charge in [0.25, 0.3) is 11.8 Å². The van der Waals surface area contributed by atoms with E-state index in [4.69, 9.17) is 0 Å². The first-order valence-electron chi connectivity index (χ1n) is 32.2. The molecule has 2 aliphatic heterocycles. The number of rotatable bonds is 25. The zero-order valence-corrected chi connectivity index (χ0v) is 52.6. The number of nitrogens with zero attached hydrogens (tertiary/aromatic N) is 4. The summed E-state index contributed by atoms with van der Waals surface area (Å²) in [5.41, 5.74) is 5.59. The molecule has 0 radical (unpaired) electrons. The summed E-state index contributed by atoms with van der Waals surface area (Å²) < 4.78 is 0. The molecule has 0 aromatic heterocycles. The van der Waals surface area contributed by atoms with Crippen molar-refractivity contribution in [2.24, 2.45) is 5.92 Å². The molecule has 2 aliphatic carbocycles. The Balaban J connectivity index is 1.04. The Kier molecular flexibility index (Phi) is 24.5. The van der Waals surface area contributed by atoms with E-state index in [1.54, 1.807) is 27.9 Å².